The molecule has 1 saturated carbocycles. The Kier molecular flexibility index (Phi) is 6.67. The monoisotopic (exact) mass is 494 g/mol. The Morgan fingerprint density at radius 2 is 1.78 bits per heavy atom. The van der Waals surface area contributed by atoms with E-state index >= 15 is 0 Å². The van der Waals surface area contributed by atoms with Crippen molar-refractivity contribution in [2.75, 3.05) is 36.4 Å². The fourth-order valence-electron chi connectivity index (χ4n) is 4.40. The van der Waals surface area contributed by atoms with Crippen molar-refractivity contribution in [2.45, 2.75) is 38.3 Å². The van der Waals surface area contributed by atoms with Crippen LogP contribution in [0.2, 0.25) is 0 Å². The van der Waals surface area contributed by atoms with Gasteiger partial charge in [-0.1, -0.05) is 18.2 Å². The lowest BCUT2D eigenvalue weighted by Gasteiger charge is -2.35. The predicted molar refractivity (Wildman–Crippen MR) is 131 cm³/mol. The molecule has 1 aliphatic heterocycles. The van der Waals surface area contributed by atoms with E-state index in [1.54, 1.807) is 19.1 Å². The van der Waals surface area contributed by atoms with E-state index < -0.39 is 6.43 Å². The molecule has 0 unspecified atom stereocenters. The Labute approximate surface area is 208 Å². The number of nitrogens with one attached hydrogen (secondary N) is 1. The minimum absolute atomic E-state index is 0.133. The molecule has 2 fully saturated rings. The van der Waals surface area contributed by atoms with Gasteiger partial charge < -0.3 is 19.9 Å². The predicted octanol–water partition coefficient (Wildman–Crippen LogP) is 4.16. The van der Waals surface area contributed by atoms with Gasteiger partial charge >= 0.3 is 0 Å². The number of carbonyl (C=O) groups is 1. The first-order chi connectivity index (χ1) is 17.4. The molecular formula is C26H28F2N6O2. The van der Waals surface area contributed by atoms with Gasteiger partial charge in [0.15, 0.2) is 0 Å². The SMILES string of the molecule is CC(=O)N1CCN(c2ccc(C3(Nc4ccc(OCc5ccc(C(F)F)nc5)nn4)CC3)cc2)CC1. The second kappa shape index (κ2) is 10.0. The summed E-state index contributed by atoms with van der Waals surface area (Å²) in [6.07, 6.45) is 0.795. The number of piperazine rings is 1. The van der Waals surface area contributed by atoms with Crippen LogP contribution in [-0.4, -0.2) is 52.2 Å². The molecule has 5 rings (SSSR count). The maximum atomic E-state index is 12.6. The number of halogens is 2. The molecule has 0 spiro atoms. The molecule has 0 atom stereocenters. The van der Waals surface area contributed by atoms with Gasteiger partial charge in [0.2, 0.25) is 11.8 Å². The Bertz CT molecular complexity index is 1180. The summed E-state index contributed by atoms with van der Waals surface area (Å²) in [5.74, 6) is 1.14. The highest BCUT2D eigenvalue weighted by Gasteiger charge is 2.44. The molecule has 188 valence electrons. The maximum Gasteiger partial charge on any atom is 0.280 e. The molecule has 1 aromatic carbocycles. The third-order valence-corrected chi connectivity index (χ3v) is 6.73. The summed E-state index contributed by atoms with van der Waals surface area (Å²) in [4.78, 5) is 19.5. The topological polar surface area (TPSA) is 83.5 Å². The van der Waals surface area contributed by atoms with Crippen molar-refractivity contribution in [3.8, 4) is 5.88 Å². The number of alkyl halides is 2. The van der Waals surface area contributed by atoms with Crippen LogP contribution in [0.25, 0.3) is 0 Å². The summed E-state index contributed by atoms with van der Waals surface area (Å²) in [6, 6.07) is 15.0. The van der Waals surface area contributed by atoms with Crippen LogP contribution in [0.1, 0.15) is 43.0 Å². The van der Waals surface area contributed by atoms with Gasteiger partial charge in [0, 0.05) is 56.6 Å². The van der Waals surface area contributed by atoms with Crippen LogP contribution in [-0.2, 0) is 16.9 Å². The van der Waals surface area contributed by atoms with Crippen LogP contribution in [0.5, 0.6) is 5.88 Å². The normalized spacial score (nSPS) is 16.7. The molecule has 1 aliphatic carbocycles. The molecule has 0 radical (unpaired) electrons. The third kappa shape index (κ3) is 5.37. The lowest BCUT2D eigenvalue weighted by atomic mass is 10.0. The van der Waals surface area contributed by atoms with Gasteiger partial charge in [0.1, 0.15) is 18.1 Å². The molecule has 0 bridgehead atoms. The highest BCUT2D eigenvalue weighted by molar-refractivity contribution is 5.73. The van der Waals surface area contributed by atoms with E-state index in [0.717, 1.165) is 44.7 Å². The Morgan fingerprint density at radius 1 is 1.03 bits per heavy atom. The molecule has 36 heavy (non-hydrogen) atoms. The van der Waals surface area contributed by atoms with Crippen LogP contribution in [0.15, 0.2) is 54.7 Å². The average Bonchev–Trinajstić information content (AvgIpc) is 3.69. The van der Waals surface area contributed by atoms with Gasteiger partial charge in [0.25, 0.3) is 6.43 Å². The summed E-state index contributed by atoms with van der Waals surface area (Å²) >= 11 is 0. The smallest absolute Gasteiger partial charge is 0.280 e. The standard InChI is InChI=1S/C26H28F2N6O2/c1-18(35)33-12-14-34(15-13-33)21-5-3-20(4-6-21)26(10-11-26)30-23-8-9-24(32-31-23)36-17-19-2-7-22(25(27)28)29-16-19/h2-9,16,25H,10-15,17H2,1H3,(H,30,31). The lowest BCUT2D eigenvalue weighted by Crippen LogP contribution is -2.48. The molecule has 2 aromatic heterocycles. The minimum atomic E-state index is -2.59. The minimum Gasteiger partial charge on any atom is -0.472 e. The van der Waals surface area contributed by atoms with E-state index in [2.05, 4.69) is 49.7 Å². The van der Waals surface area contributed by atoms with Crippen LogP contribution in [0.3, 0.4) is 0 Å². The fraction of sp³-hybridized carbons (Fsp3) is 0.385. The van der Waals surface area contributed by atoms with Crippen molar-refractivity contribution in [2.24, 2.45) is 0 Å². The number of aromatic nitrogens is 3. The summed E-state index contributed by atoms with van der Waals surface area (Å²) in [6.45, 7) is 4.96. The van der Waals surface area contributed by atoms with Gasteiger partial charge in [0.05, 0.1) is 5.54 Å². The molecule has 2 aliphatic rings. The molecule has 1 saturated heterocycles. The van der Waals surface area contributed by atoms with Crippen molar-refractivity contribution in [1.82, 2.24) is 20.1 Å². The van der Waals surface area contributed by atoms with Gasteiger partial charge in [-0.25, -0.2) is 8.78 Å². The first kappa shape index (κ1) is 23.9. The highest BCUT2D eigenvalue weighted by atomic mass is 19.3. The van der Waals surface area contributed by atoms with Crippen molar-refractivity contribution in [1.29, 1.82) is 0 Å². The molecule has 3 heterocycles. The molecule has 8 nitrogen and oxygen atoms in total. The van der Waals surface area contributed by atoms with Crippen molar-refractivity contribution < 1.29 is 18.3 Å². The van der Waals surface area contributed by atoms with E-state index in [1.165, 1.54) is 17.8 Å². The van der Waals surface area contributed by atoms with Gasteiger partial charge in [-0.05, 0) is 42.7 Å². The number of pyridine rings is 1. The van der Waals surface area contributed by atoms with E-state index in [-0.39, 0.29) is 23.7 Å². The summed E-state index contributed by atoms with van der Waals surface area (Å²) in [5, 5.41) is 11.9. The number of ether oxygens (including phenoxy) is 1. The Hall–Kier alpha value is -3.82. The number of carbonyl (C=O) groups excluding carboxylic acids is 1. The van der Waals surface area contributed by atoms with Gasteiger partial charge in [-0.3, -0.25) is 9.78 Å². The number of hydrogen-bond donors (Lipinski definition) is 1. The highest BCUT2D eigenvalue weighted by Crippen LogP contribution is 2.48. The van der Waals surface area contributed by atoms with E-state index in [4.69, 9.17) is 4.74 Å². The van der Waals surface area contributed by atoms with Crippen molar-refractivity contribution in [3.05, 3.63) is 71.5 Å². The van der Waals surface area contributed by atoms with Crippen LogP contribution >= 0.6 is 0 Å². The number of rotatable bonds is 8. The third-order valence-electron chi connectivity index (χ3n) is 6.73. The fourth-order valence-corrected chi connectivity index (χ4v) is 4.40. The van der Waals surface area contributed by atoms with Crippen LogP contribution < -0.4 is 15.0 Å². The zero-order valence-electron chi connectivity index (χ0n) is 20.0. The van der Waals surface area contributed by atoms with Crippen molar-refractivity contribution in [3.63, 3.8) is 0 Å². The number of anilines is 2. The lowest BCUT2D eigenvalue weighted by molar-refractivity contribution is -0.129. The number of amides is 1. The first-order valence-electron chi connectivity index (χ1n) is 12.0. The van der Waals surface area contributed by atoms with Gasteiger partial charge in [-0.15, -0.1) is 10.2 Å². The summed E-state index contributed by atoms with van der Waals surface area (Å²) in [7, 11) is 0. The molecule has 1 amide bonds. The summed E-state index contributed by atoms with van der Waals surface area (Å²) in [5.41, 5.74) is 2.63. The molecule has 3 aromatic rings. The molecule has 10 heteroatoms. The van der Waals surface area contributed by atoms with E-state index in [9.17, 15) is 13.6 Å². The zero-order valence-corrected chi connectivity index (χ0v) is 20.0. The number of benzene rings is 1. The second-order valence-corrected chi connectivity index (χ2v) is 9.18. The molecular weight excluding hydrogens is 466 g/mol. The summed E-state index contributed by atoms with van der Waals surface area (Å²) < 4.78 is 30.8. The number of hydrogen-bond acceptors (Lipinski definition) is 7. The average molecular weight is 495 g/mol. The molecule has 1 N–H and O–H groups in total. The number of nitrogens with zero attached hydrogens (tertiary/aromatic N) is 5. The zero-order chi connectivity index (χ0) is 25.1. The first-order valence-corrected chi connectivity index (χ1v) is 12.0. The van der Waals surface area contributed by atoms with Crippen LogP contribution in [0, 0.1) is 0 Å². The Balaban J connectivity index is 1.15. The van der Waals surface area contributed by atoms with Crippen LogP contribution in [0.4, 0.5) is 20.3 Å². The van der Waals surface area contributed by atoms with E-state index in [0.29, 0.717) is 17.3 Å². The van der Waals surface area contributed by atoms with Crippen molar-refractivity contribution >= 4 is 17.4 Å². The maximum absolute atomic E-state index is 12.6. The largest absolute Gasteiger partial charge is 0.472 e. The second-order valence-electron chi connectivity index (χ2n) is 9.18. The van der Waals surface area contributed by atoms with E-state index in [1.807, 2.05) is 11.0 Å². The van der Waals surface area contributed by atoms with Gasteiger partial charge in [-0.2, -0.15) is 0 Å². The Morgan fingerprint density at radius 3 is 2.33 bits per heavy atom. The quantitative estimate of drug-likeness (QED) is 0.504.